The summed E-state index contributed by atoms with van der Waals surface area (Å²) in [6.45, 7) is 4.27. The molecule has 17 heavy (non-hydrogen) atoms. The molecule has 94 valence electrons. The van der Waals surface area contributed by atoms with Crippen LogP contribution in [0.5, 0.6) is 0 Å². The quantitative estimate of drug-likeness (QED) is 0.774. The van der Waals surface area contributed by atoms with Crippen LogP contribution in [0.2, 0.25) is 0 Å². The lowest BCUT2D eigenvalue weighted by molar-refractivity contribution is -0.158. The molecule has 0 atom stereocenters. The molecule has 0 saturated heterocycles. The lowest BCUT2D eigenvalue weighted by atomic mass is 9.67. The van der Waals surface area contributed by atoms with Crippen molar-refractivity contribution in [2.45, 2.75) is 45.4 Å². The summed E-state index contributed by atoms with van der Waals surface area (Å²) in [5.74, 6) is 0.389. The van der Waals surface area contributed by atoms with Gasteiger partial charge in [0.15, 0.2) is 0 Å². The summed E-state index contributed by atoms with van der Waals surface area (Å²) in [6, 6.07) is 0. The van der Waals surface area contributed by atoms with E-state index in [1.54, 1.807) is 11.3 Å². The Morgan fingerprint density at radius 2 is 2.29 bits per heavy atom. The number of rotatable bonds is 4. The fraction of sp³-hybridized carbons (Fsp3) is 0.692. The summed E-state index contributed by atoms with van der Waals surface area (Å²) in [5.41, 5.74) is 0.852. The van der Waals surface area contributed by atoms with E-state index >= 15 is 0 Å². The van der Waals surface area contributed by atoms with Gasteiger partial charge in [-0.15, -0.1) is 11.3 Å². The molecule has 0 radical (unpaired) electrons. The van der Waals surface area contributed by atoms with E-state index in [-0.39, 0.29) is 11.4 Å². The van der Waals surface area contributed by atoms with E-state index in [2.05, 4.69) is 24.2 Å². The largest absolute Gasteiger partial charge is 0.469 e. The molecule has 3 nitrogen and oxygen atoms in total. The van der Waals surface area contributed by atoms with Gasteiger partial charge in [0.2, 0.25) is 0 Å². The molecule has 1 aromatic heterocycles. The Morgan fingerprint density at radius 1 is 1.59 bits per heavy atom. The number of carbonyl (C=O) groups excluding carboxylic acids is 1. The van der Waals surface area contributed by atoms with Crippen molar-refractivity contribution < 1.29 is 9.53 Å². The molecule has 1 heterocycles. The van der Waals surface area contributed by atoms with Gasteiger partial charge < -0.3 is 4.74 Å². The van der Waals surface area contributed by atoms with Gasteiger partial charge >= 0.3 is 5.97 Å². The molecule has 0 unspecified atom stereocenters. The summed E-state index contributed by atoms with van der Waals surface area (Å²) in [5, 5.41) is 3.17. The zero-order valence-corrected chi connectivity index (χ0v) is 11.5. The van der Waals surface area contributed by atoms with E-state index in [1.807, 2.05) is 0 Å². The lowest BCUT2D eigenvalue weighted by Crippen LogP contribution is -2.40. The normalized spacial score (nSPS) is 17.9. The molecule has 4 heteroatoms. The molecule has 0 aromatic carbocycles. The van der Waals surface area contributed by atoms with Gasteiger partial charge in [0.1, 0.15) is 0 Å². The topological polar surface area (TPSA) is 39.2 Å². The Bertz CT molecular complexity index is 407. The molecule has 1 aromatic rings. The van der Waals surface area contributed by atoms with Crippen LogP contribution < -0.4 is 0 Å². The SMILES string of the molecule is COC(=O)C1(Cc2nc(C(C)C)cs2)CCC1. The van der Waals surface area contributed by atoms with Crippen molar-refractivity contribution in [3.8, 4) is 0 Å². The van der Waals surface area contributed by atoms with Crippen LogP contribution in [0.3, 0.4) is 0 Å². The second-order valence-electron chi connectivity index (χ2n) is 5.12. The zero-order valence-electron chi connectivity index (χ0n) is 10.7. The smallest absolute Gasteiger partial charge is 0.312 e. The van der Waals surface area contributed by atoms with Crippen molar-refractivity contribution >= 4 is 17.3 Å². The van der Waals surface area contributed by atoms with E-state index in [0.29, 0.717) is 5.92 Å². The number of aromatic nitrogens is 1. The summed E-state index contributed by atoms with van der Waals surface area (Å²) >= 11 is 1.66. The van der Waals surface area contributed by atoms with Crippen molar-refractivity contribution in [1.29, 1.82) is 0 Å². The van der Waals surface area contributed by atoms with Crippen molar-refractivity contribution in [3.05, 3.63) is 16.1 Å². The number of hydrogen-bond acceptors (Lipinski definition) is 4. The van der Waals surface area contributed by atoms with Gasteiger partial charge in [-0.2, -0.15) is 0 Å². The second kappa shape index (κ2) is 4.77. The summed E-state index contributed by atoms with van der Waals surface area (Å²) in [6.07, 6.45) is 3.75. The Hall–Kier alpha value is -0.900. The molecular weight excluding hydrogens is 234 g/mol. The van der Waals surface area contributed by atoms with E-state index in [0.717, 1.165) is 36.4 Å². The van der Waals surface area contributed by atoms with Crippen LogP contribution in [-0.2, 0) is 16.0 Å². The first-order valence-electron chi connectivity index (χ1n) is 6.10. The lowest BCUT2D eigenvalue weighted by Gasteiger charge is -2.38. The molecule has 0 N–H and O–H groups in total. The third-order valence-electron chi connectivity index (χ3n) is 3.58. The average Bonchev–Trinajstić information content (AvgIpc) is 2.71. The molecule has 2 rings (SSSR count). The van der Waals surface area contributed by atoms with E-state index in [1.165, 1.54) is 7.11 Å². The molecule has 1 fully saturated rings. The Labute approximate surface area is 106 Å². The number of ether oxygens (including phenoxy) is 1. The summed E-state index contributed by atoms with van der Waals surface area (Å²) < 4.78 is 4.92. The van der Waals surface area contributed by atoms with Crippen molar-refractivity contribution in [1.82, 2.24) is 4.98 Å². The Kier molecular flexibility index (Phi) is 3.52. The molecule has 1 aliphatic rings. The van der Waals surface area contributed by atoms with E-state index in [9.17, 15) is 4.79 Å². The van der Waals surface area contributed by atoms with Gasteiger partial charge in [-0.25, -0.2) is 4.98 Å². The molecule has 1 aliphatic carbocycles. The average molecular weight is 253 g/mol. The van der Waals surface area contributed by atoms with Crippen LogP contribution in [0.4, 0.5) is 0 Å². The maximum absolute atomic E-state index is 11.8. The van der Waals surface area contributed by atoms with Gasteiger partial charge in [-0.3, -0.25) is 4.79 Å². The van der Waals surface area contributed by atoms with Crippen LogP contribution in [0.25, 0.3) is 0 Å². The summed E-state index contributed by atoms with van der Waals surface area (Å²) in [4.78, 5) is 16.4. The van der Waals surface area contributed by atoms with E-state index in [4.69, 9.17) is 4.74 Å². The highest BCUT2D eigenvalue weighted by Gasteiger charge is 2.45. The predicted octanol–water partition coefficient (Wildman–Crippen LogP) is 3.15. The first-order chi connectivity index (χ1) is 8.07. The first kappa shape index (κ1) is 12.6. The van der Waals surface area contributed by atoms with Crippen LogP contribution in [0.1, 0.15) is 49.7 Å². The molecule has 1 saturated carbocycles. The third-order valence-corrected chi connectivity index (χ3v) is 4.45. The number of esters is 1. The van der Waals surface area contributed by atoms with Crippen LogP contribution in [0, 0.1) is 5.41 Å². The maximum atomic E-state index is 11.8. The highest BCUT2D eigenvalue weighted by Crippen LogP contribution is 2.45. The number of methoxy groups -OCH3 is 1. The molecular formula is C13H19NO2S. The van der Waals surface area contributed by atoms with Gasteiger partial charge in [-0.1, -0.05) is 20.3 Å². The standard InChI is InChI=1S/C13H19NO2S/c1-9(2)10-8-17-11(14-10)7-13(5-4-6-13)12(15)16-3/h8-9H,4-7H2,1-3H3. The molecule has 0 aliphatic heterocycles. The van der Waals surface area contributed by atoms with Crippen molar-refractivity contribution in [2.75, 3.05) is 7.11 Å². The highest BCUT2D eigenvalue weighted by atomic mass is 32.1. The van der Waals surface area contributed by atoms with Gasteiger partial charge in [-0.05, 0) is 18.8 Å². The fourth-order valence-electron chi connectivity index (χ4n) is 2.23. The Balaban J connectivity index is 2.10. The minimum atomic E-state index is -0.277. The van der Waals surface area contributed by atoms with Crippen LogP contribution >= 0.6 is 11.3 Å². The minimum Gasteiger partial charge on any atom is -0.469 e. The second-order valence-corrected chi connectivity index (χ2v) is 6.07. The van der Waals surface area contributed by atoms with E-state index < -0.39 is 0 Å². The highest BCUT2D eigenvalue weighted by molar-refractivity contribution is 7.09. The molecule has 0 bridgehead atoms. The summed E-state index contributed by atoms with van der Waals surface area (Å²) in [7, 11) is 1.48. The minimum absolute atomic E-state index is 0.0648. The zero-order chi connectivity index (χ0) is 12.5. The van der Waals surface area contributed by atoms with Gasteiger partial charge in [0.05, 0.1) is 23.2 Å². The maximum Gasteiger partial charge on any atom is 0.312 e. The van der Waals surface area contributed by atoms with Crippen molar-refractivity contribution in [3.63, 3.8) is 0 Å². The molecule has 0 spiro atoms. The number of carbonyl (C=O) groups is 1. The third kappa shape index (κ3) is 2.37. The number of hydrogen-bond donors (Lipinski definition) is 0. The van der Waals surface area contributed by atoms with Gasteiger partial charge in [0.25, 0.3) is 0 Å². The Morgan fingerprint density at radius 3 is 2.71 bits per heavy atom. The van der Waals surface area contributed by atoms with Gasteiger partial charge in [0, 0.05) is 11.8 Å². The molecule has 0 amide bonds. The predicted molar refractivity (Wildman–Crippen MR) is 68.2 cm³/mol. The fourth-order valence-corrected chi connectivity index (χ4v) is 3.33. The van der Waals surface area contributed by atoms with Crippen molar-refractivity contribution in [2.24, 2.45) is 5.41 Å². The van der Waals surface area contributed by atoms with Crippen LogP contribution in [-0.4, -0.2) is 18.1 Å². The number of thiazole rings is 1. The van der Waals surface area contributed by atoms with Crippen LogP contribution in [0.15, 0.2) is 5.38 Å². The number of nitrogens with zero attached hydrogens (tertiary/aromatic N) is 1. The monoisotopic (exact) mass is 253 g/mol. The first-order valence-corrected chi connectivity index (χ1v) is 6.98.